The number of hydrogen-bond acceptors (Lipinski definition) is 2. The van der Waals surface area contributed by atoms with Crippen LogP contribution >= 0.6 is 12.4 Å². The van der Waals surface area contributed by atoms with Crippen molar-refractivity contribution < 1.29 is 5.11 Å². The fourth-order valence-corrected chi connectivity index (χ4v) is 3.98. The number of rotatable bonds is 0. The highest BCUT2D eigenvalue weighted by Crippen LogP contribution is 2.60. The van der Waals surface area contributed by atoms with Crippen LogP contribution in [-0.2, 0) is 0 Å². The second kappa shape index (κ2) is 3.36. The molecule has 3 unspecified atom stereocenters. The molecule has 2 aliphatic carbocycles. The molecule has 2 saturated carbocycles. The molecule has 1 aliphatic heterocycles. The molecule has 0 aromatic rings. The van der Waals surface area contributed by atoms with Gasteiger partial charge in [-0.15, -0.1) is 12.4 Å². The van der Waals surface area contributed by atoms with Gasteiger partial charge in [-0.25, -0.2) is 0 Å². The lowest BCUT2D eigenvalue weighted by molar-refractivity contribution is -0.0205. The van der Waals surface area contributed by atoms with Gasteiger partial charge in [0.05, 0.1) is 6.10 Å². The van der Waals surface area contributed by atoms with E-state index >= 15 is 0 Å². The molecular weight excluding hydrogens is 198 g/mol. The fraction of sp³-hybridized carbons (Fsp3) is 1.00. The Balaban J connectivity index is 0.000000750. The van der Waals surface area contributed by atoms with E-state index in [1.54, 1.807) is 0 Å². The van der Waals surface area contributed by atoms with Crippen LogP contribution in [0, 0.1) is 17.3 Å². The average Bonchev–Trinajstić information content (AvgIpc) is 2.25. The van der Waals surface area contributed by atoms with Gasteiger partial charge in [-0.3, -0.25) is 0 Å². The molecule has 3 rings (SSSR count). The van der Waals surface area contributed by atoms with E-state index in [-0.39, 0.29) is 18.5 Å². The Bertz CT molecular complexity index is 229. The minimum absolute atomic E-state index is 0. The summed E-state index contributed by atoms with van der Waals surface area (Å²) < 4.78 is 0. The van der Waals surface area contributed by atoms with Crippen LogP contribution < -0.4 is 0 Å². The number of fused-ring (bicyclic) bond motifs is 3. The molecule has 2 nitrogen and oxygen atoms in total. The number of aliphatic hydroxyl groups excluding tert-OH is 1. The highest BCUT2D eigenvalue weighted by molar-refractivity contribution is 5.85. The summed E-state index contributed by atoms with van der Waals surface area (Å²) in [6, 6.07) is 0. The van der Waals surface area contributed by atoms with Gasteiger partial charge in [0.1, 0.15) is 0 Å². The second-order valence-electron chi connectivity index (χ2n) is 5.50. The molecule has 82 valence electrons. The molecule has 3 fully saturated rings. The monoisotopic (exact) mass is 217 g/mol. The molecule has 0 aromatic heterocycles. The quantitative estimate of drug-likeness (QED) is 0.665. The van der Waals surface area contributed by atoms with Crippen LogP contribution in [0.25, 0.3) is 0 Å². The number of hydrogen-bond donors (Lipinski definition) is 1. The molecule has 3 heteroatoms. The number of halogens is 1. The lowest BCUT2D eigenvalue weighted by Crippen LogP contribution is -2.47. The highest BCUT2D eigenvalue weighted by Gasteiger charge is 2.57. The smallest absolute Gasteiger partial charge is 0.0626 e. The van der Waals surface area contributed by atoms with E-state index in [9.17, 15) is 5.11 Å². The van der Waals surface area contributed by atoms with Crippen molar-refractivity contribution in [3.63, 3.8) is 0 Å². The lowest BCUT2D eigenvalue weighted by Gasteiger charge is -2.45. The summed E-state index contributed by atoms with van der Waals surface area (Å²) in [4.78, 5) is 2.41. The van der Waals surface area contributed by atoms with Gasteiger partial charge in [-0.1, -0.05) is 6.42 Å². The minimum atomic E-state index is 0. The molecule has 0 radical (unpaired) electrons. The topological polar surface area (TPSA) is 23.5 Å². The van der Waals surface area contributed by atoms with Crippen LogP contribution in [0.4, 0.5) is 0 Å². The predicted octanol–water partition coefficient (Wildman–Crippen LogP) is 1.52. The number of nitrogens with zero attached hydrogens (tertiary/aromatic N) is 1. The van der Waals surface area contributed by atoms with Gasteiger partial charge in [0.2, 0.25) is 0 Å². The van der Waals surface area contributed by atoms with E-state index in [1.165, 1.54) is 25.7 Å². The fourth-order valence-electron chi connectivity index (χ4n) is 3.98. The van der Waals surface area contributed by atoms with Crippen LogP contribution in [0.1, 0.15) is 25.7 Å². The van der Waals surface area contributed by atoms with Gasteiger partial charge >= 0.3 is 0 Å². The zero-order valence-corrected chi connectivity index (χ0v) is 9.59. The summed E-state index contributed by atoms with van der Waals surface area (Å²) in [6.45, 7) is 2.26. The van der Waals surface area contributed by atoms with E-state index in [1.807, 2.05) is 0 Å². The van der Waals surface area contributed by atoms with Gasteiger partial charge in [0.25, 0.3) is 0 Å². The van der Waals surface area contributed by atoms with Crippen molar-refractivity contribution in [1.82, 2.24) is 4.90 Å². The second-order valence-corrected chi connectivity index (χ2v) is 5.50. The summed E-state index contributed by atoms with van der Waals surface area (Å²) in [7, 11) is 2.20. The first-order valence-electron chi connectivity index (χ1n) is 5.58. The molecular formula is C11H20ClNO. The first kappa shape index (κ1) is 10.7. The van der Waals surface area contributed by atoms with Gasteiger partial charge in [-0.2, -0.15) is 0 Å². The molecule has 3 atom stereocenters. The molecule has 0 amide bonds. The van der Waals surface area contributed by atoms with Crippen LogP contribution in [0.15, 0.2) is 0 Å². The third-order valence-corrected chi connectivity index (χ3v) is 4.75. The SMILES string of the molecule is CN1CC2CC3(CCC3)C(C1)C2O.Cl. The summed E-state index contributed by atoms with van der Waals surface area (Å²) in [5.41, 5.74) is 0.578. The normalized spacial score (nSPS) is 44.6. The summed E-state index contributed by atoms with van der Waals surface area (Å²) in [5.74, 6) is 1.19. The van der Waals surface area contributed by atoms with Crippen molar-refractivity contribution in [3.05, 3.63) is 0 Å². The van der Waals surface area contributed by atoms with Gasteiger partial charge in [0, 0.05) is 19.0 Å². The summed E-state index contributed by atoms with van der Waals surface area (Å²) in [5, 5.41) is 10.1. The molecule has 1 heterocycles. The molecule has 1 saturated heterocycles. The Kier molecular flexibility index (Phi) is 2.57. The molecule has 14 heavy (non-hydrogen) atoms. The maximum atomic E-state index is 10.1. The van der Waals surface area contributed by atoms with E-state index in [2.05, 4.69) is 11.9 Å². The maximum Gasteiger partial charge on any atom is 0.0626 e. The minimum Gasteiger partial charge on any atom is -0.392 e. The van der Waals surface area contributed by atoms with Gasteiger partial charge in [-0.05, 0) is 37.6 Å². The van der Waals surface area contributed by atoms with Crippen molar-refractivity contribution in [2.75, 3.05) is 20.1 Å². The Hall–Kier alpha value is 0.210. The standard InChI is InChI=1S/C11H19NO.ClH/c1-12-6-8-5-11(3-2-4-11)9(7-12)10(8)13;/h8-10,13H,2-7H2,1H3;1H. The van der Waals surface area contributed by atoms with E-state index < -0.39 is 0 Å². The number of piperidine rings is 1. The van der Waals surface area contributed by atoms with E-state index in [0.29, 0.717) is 17.3 Å². The molecule has 2 bridgehead atoms. The van der Waals surface area contributed by atoms with Crippen LogP contribution in [0.3, 0.4) is 0 Å². The summed E-state index contributed by atoms with van der Waals surface area (Å²) in [6.07, 6.45) is 5.51. The third-order valence-electron chi connectivity index (χ3n) is 4.75. The van der Waals surface area contributed by atoms with Gasteiger partial charge < -0.3 is 10.0 Å². The Labute approximate surface area is 92.1 Å². The van der Waals surface area contributed by atoms with E-state index in [0.717, 1.165) is 13.1 Å². The first-order valence-corrected chi connectivity index (χ1v) is 5.58. The highest BCUT2D eigenvalue weighted by atomic mass is 35.5. The predicted molar refractivity (Wildman–Crippen MR) is 58.6 cm³/mol. The number of likely N-dealkylation sites (tertiary alicyclic amines) is 1. The zero-order valence-electron chi connectivity index (χ0n) is 8.78. The van der Waals surface area contributed by atoms with Crippen LogP contribution in [0.2, 0.25) is 0 Å². The Morgan fingerprint density at radius 2 is 2.00 bits per heavy atom. The third kappa shape index (κ3) is 1.24. The molecule has 1 N–H and O–H groups in total. The number of aliphatic hydroxyl groups is 1. The molecule has 1 spiro atoms. The Morgan fingerprint density at radius 3 is 2.57 bits per heavy atom. The maximum absolute atomic E-state index is 10.1. The van der Waals surface area contributed by atoms with E-state index in [4.69, 9.17) is 0 Å². The first-order chi connectivity index (χ1) is 6.21. The lowest BCUT2D eigenvalue weighted by atomic mass is 9.62. The van der Waals surface area contributed by atoms with Crippen molar-refractivity contribution in [1.29, 1.82) is 0 Å². The molecule has 0 aromatic carbocycles. The molecule has 3 aliphatic rings. The Morgan fingerprint density at radius 1 is 1.29 bits per heavy atom. The van der Waals surface area contributed by atoms with Crippen molar-refractivity contribution in [2.24, 2.45) is 17.3 Å². The van der Waals surface area contributed by atoms with Crippen LogP contribution in [-0.4, -0.2) is 36.2 Å². The summed E-state index contributed by atoms with van der Waals surface area (Å²) >= 11 is 0. The largest absolute Gasteiger partial charge is 0.392 e. The van der Waals surface area contributed by atoms with Gasteiger partial charge in [0.15, 0.2) is 0 Å². The van der Waals surface area contributed by atoms with Crippen molar-refractivity contribution in [2.45, 2.75) is 31.8 Å². The van der Waals surface area contributed by atoms with Crippen LogP contribution in [0.5, 0.6) is 0 Å². The van der Waals surface area contributed by atoms with Crippen molar-refractivity contribution in [3.8, 4) is 0 Å². The average molecular weight is 218 g/mol. The zero-order chi connectivity index (χ0) is 9.05. The van der Waals surface area contributed by atoms with Crippen molar-refractivity contribution >= 4 is 12.4 Å².